The molecule has 1 saturated heterocycles. The average Bonchev–Trinajstić information content (AvgIpc) is 3.33. The van der Waals surface area contributed by atoms with Crippen LogP contribution in [0.3, 0.4) is 0 Å². The molecule has 1 aromatic heterocycles. The number of aromatic amines is 1. The summed E-state index contributed by atoms with van der Waals surface area (Å²) in [6, 6.07) is 17.7. The molecule has 4 rings (SSSR count). The highest BCUT2D eigenvalue weighted by atomic mass is 16.5. The number of benzene rings is 2. The molecule has 1 unspecified atom stereocenters. The molecular formula is C20H21N3O2. The lowest BCUT2D eigenvalue weighted by molar-refractivity contribution is 0.0681. The summed E-state index contributed by atoms with van der Waals surface area (Å²) in [5.74, 6) is 0.838. The molecule has 1 atom stereocenters. The number of anilines is 1. The second kappa shape index (κ2) is 6.99. The van der Waals surface area contributed by atoms with Crippen LogP contribution in [0, 0.1) is 0 Å². The minimum absolute atomic E-state index is 0.195. The Labute approximate surface area is 146 Å². The van der Waals surface area contributed by atoms with Gasteiger partial charge in [0, 0.05) is 23.4 Å². The van der Waals surface area contributed by atoms with Crippen LogP contribution in [0.1, 0.15) is 12.8 Å². The first-order valence-corrected chi connectivity index (χ1v) is 8.55. The minimum atomic E-state index is 0.195. The zero-order chi connectivity index (χ0) is 17.1. The minimum Gasteiger partial charge on any atom is -0.490 e. The van der Waals surface area contributed by atoms with Gasteiger partial charge < -0.3 is 15.2 Å². The Hall–Kier alpha value is -2.79. The first-order chi connectivity index (χ1) is 12.3. The molecule has 0 bridgehead atoms. The van der Waals surface area contributed by atoms with Crippen LogP contribution in [-0.2, 0) is 4.74 Å². The lowest BCUT2D eigenvalue weighted by Crippen LogP contribution is -2.16. The number of hydrogen-bond acceptors (Lipinski definition) is 4. The molecule has 5 nitrogen and oxygen atoms in total. The van der Waals surface area contributed by atoms with E-state index in [0.29, 0.717) is 6.61 Å². The van der Waals surface area contributed by atoms with Gasteiger partial charge in [-0.15, -0.1) is 0 Å². The molecule has 3 aromatic rings. The molecule has 0 spiro atoms. The van der Waals surface area contributed by atoms with E-state index in [1.807, 2.05) is 54.6 Å². The van der Waals surface area contributed by atoms with Gasteiger partial charge in [0.1, 0.15) is 12.4 Å². The van der Waals surface area contributed by atoms with Crippen molar-refractivity contribution in [2.75, 3.05) is 18.9 Å². The van der Waals surface area contributed by atoms with E-state index in [4.69, 9.17) is 15.2 Å². The molecule has 0 amide bonds. The van der Waals surface area contributed by atoms with Crippen molar-refractivity contribution in [3.8, 4) is 28.3 Å². The first kappa shape index (κ1) is 15.7. The molecule has 128 valence electrons. The third-order valence-corrected chi connectivity index (χ3v) is 4.41. The van der Waals surface area contributed by atoms with Crippen LogP contribution >= 0.6 is 0 Å². The average molecular weight is 335 g/mol. The Balaban J connectivity index is 1.56. The predicted octanol–water partition coefficient (Wildman–Crippen LogP) is 3.88. The molecule has 25 heavy (non-hydrogen) atoms. The Kier molecular flexibility index (Phi) is 4.39. The topological polar surface area (TPSA) is 73.2 Å². The molecule has 0 radical (unpaired) electrons. The third kappa shape index (κ3) is 3.51. The maximum Gasteiger partial charge on any atom is 0.128 e. The standard InChI is InChI=1S/C20H21N3O2/c21-15-9-7-14(8-10-15)18-12-19(23-22-18)17-5-1-2-6-20(17)25-13-16-4-3-11-24-16/h1-2,5-10,12,16H,3-4,11,13,21H2,(H,22,23). The fourth-order valence-electron chi connectivity index (χ4n) is 3.03. The summed E-state index contributed by atoms with van der Waals surface area (Å²) in [4.78, 5) is 0. The van der Waals surface area contributed by atoms with Gasteiger partial charge in [-0.2, -0.15) is 5.10 Å². The Morgan fingerprint density at radius 3 is 2.80 bits per heavy atom. The SMILES string of the molecule is Nc1ccc(-c2cc(-c3ccccc3OCC3CCCO3)[nH]n2)cc1. The van der Waals surface area contributed by atoms with Crippen molar-refractivity contribution < 1.29 is 9.47 Å². The number of nitrogens with one attached hydrogen (secondary N) is 1. The van der Waals surface area contributed by atoms with E-state index in [-0.39, 0.29) is 6.10 Å². The van der Waals surface area contributed by atoms with Crippen molar-refractivity contribution in [2.45, 2.75) is 18.9 Å². The number of nitrogen functional groups attached to an aromatic ring is 1. The maximum absolute atomic E-state index is 6.02. The van der Waals surface area contributed by atoms with E-state index in [2.05, 4.69) is 10.2 Å². The van der Waals surface area contributed by atoms with Gasteiger partial charge in [-0.25, -0.2) is 0 Å². The van der Waals surface area contributed by atoms with Gasteiger partial charge >= 0.3 is 0 Å². The van der Waals surface area contributed by atoms with Gasteiger partial charge in [-0.3, -0.25) is 5.10 Å². The van der Waals surface area contributed by atoms with Gasteiger partial charge in [0.05, 0.1) is 17.5 Å². The molecule has 0 saturated carbocycles. The lowest BCUT2D eigenvalue weighted by atomic mass is 10.1. The quantitative estimate of drug-likeness (QED) is 0.694. The summed E-state index contributed by atoms with van der Waals surface area (Å²) >= 11 is 0. The number of para-hydroxylation sites is 1. The van der Waals surface area contributed by atoms with E-state index in [9.17, 15) is 0 Å². The Morgan fingerprint density at radius 2 is 2.00 bits per heavy atom. The molecule has 0 aliphatic carbocycles. The van der Waals surface area contributed by atoms with Crippen LogP contribution in [0.5, 0.6) is 5.75 Å². The molecule has 2 aromatic carbocycles. The highest BCUT2D eigenvalue weighted by Gasteiger charge is 2.17. The molecule has 1 fully saturated rings. The number of aromatic nitrogens is 2. The van der Waals surface area contributed by atoms with Crippen molar-refractivity contribution in [3.63, 3.8) is 0 Å². The van der Waals surface area contributed by atoms with Crippen molar-refractivity contribution in [3.05, 3.63) is 54.6 Å². The van der Waals surface area contributed by atoms with Crippen molar-refractivity contribution >= 4 is 5.69 Å². The van der Waals surface area contributed by atoms with E-state index >= 15 is 0 Å². The number of hydrogen-bond donors (Lipinski definition) is 2. The number of ether oxygens (including phenoxy) is 2. The van der Waals surface area contributed by atoms with Crippen LogP contribution in [0.25, 0.3) is 22.5 Å². The Bertz CT molecular complexity index is 836. The second-order valence-electron chi connectivity index (χ2n) is 6.23. The van der Waals surface area contributed by atoms with E-state index in [1.165, 1.54) is 0 Å². The number of H-pyrrole nitrogens is 1. The van der Waals surface area contributed by atoms with Crippen LogP contribution < -0.4 is 10.5 Å². The summed E-state index contributed by atoms with van der Waals surface area (Å²) in [5.41, 5.74) is 10.3. The zero-order valence-electron chi connectivity index (χ0n) is 13.9. The lowest BCUT2D eigenvalue weighted by Gasteiger charge is -2.13. The van der Waals surface area contributed by atoms with Crippen molar-refractivity contribution in [1.29, 1.82) is 0 Å². The normalized spacial score (nSPS) is 16.9. The molecule has 3 N–H and O–H groups in total. The number of nitrogens with two attached hydrogens (primary N) is 1. The van der Waals surface area contributed by atoms with Crippen molar-refractivity contribution in [2.24, 2.45) is 0 Å². The predicted molar refractivity (Wildman–Crippen MR) is 98.3 cm³/mol. The molecule has 2 heterocycles. The van der Waals surface area contributed by atoms with Crippen LogP contribution in [0.2, 0.25) is 0 Å². The highest BCUT2D eigenvalue weighted by Crippen LogP contribution is 2.31. The molecule has 1 aliphatic heterocycles. The maximum atomic E-state index is 6.02. The fourth-order valence-corrected chi connectivity index (χ4v) is 3.03. The summed E-state index contributed by atoms with van der Waals surface area (Å²) in [6.45, 7) is 1.41. The second-order valence-corrected chi connectivity index (χ2v) is 6.23. The summed E-state index contributed by atoms with van der Waals surface area (Å²) in [5, 5.41) is 7.54. The molecule has 1 aliphatic rings. The van der Waals surface area contributed by atoms with E-state index in [0.717, 1.165) is 53.4 Å². The van der Waals surface area contributed by atoms with Gasteiger partial charge in [-0.1, -0.05) is 24.3 Å². The smallest absolute Gasteiger partial charge is 0.128 e. The monoisotopic (exact) mass is 335 g/mol. The van der Waals surface area contributed by atoms with Gasteiger partial charge in [0.25, 0.3) is 0 Å². The van der Waals surface area contributed by atoms with Gasteiger partial charge in [-0.05, 0) is 43.2 Å². The summed E-state index contributed by atoms with van der Waals surface area (Å²) in [6.07, 6.45) is 2.37. The van der Waals surface area contributed by atoms with Gasteiger partial charge in [0.15, 0.2) is 0 Å². The summed E-state index contributed by atoms with van der Waals surface area (Å²) in [7, 11) is 0. The highest BCUT2D eigenvalue weighted by molar-refractivity contribution is 5.72. The number of nitrogens with zero attached hydrogens (tertiary/aromatic N) is 1. The fraction of sp³-hybridized carbons (Fsp3) is 0.250. The number of rotatable bonds is 5. The van der Waals surface area contributed by atoms with Crippen molar-refractivity contribution in [1.82, 2.24) is 10.2 Å². The summed E-state index contributed by atoms with van der Waals surface area (Å²) < 4.78 is 11.7. The van der Waals surface area contributed by atoms with E-state index < -0.39 is 0 Å². The van der Waals surface area contributed by atoms with Gasteiger partial charge in [0.2, 0.25) is 0 Å². The van der Waals surface area contributed by atoms with Crippen LogP contribution in [-0.4, -0.2) is 29.5 Å². The first-order valence-electron chi connectivity index (χ1n) is 8.55. The zero-order valence-corrected chi connectivity index (χ0v) is 13.9. The third-order valence-electron chi connectivity index (χ3n) is 4.41. The molecular weight excluding hydrogens is 314 g/mol. The molecule has 5 heteroatoms. The van der Waals surface area contributed by atoms with Crippen LogP contribution in [0.4, 0.5) is 5.69 Å². The van der Waals surface area contributed by atoms with E-state index in [1.54, 1.807) is 0 Å². The largest absolute Gasteiger partial charge is 0.490 e. The van der Waals surface area contributed by atoms with Crippen LogP contribution in [0.15, 0.2) is 54.6 Å². The Morgan fingerprint density at radius 1 is 1.16 bits per heavy atom.